The molecule has 37 heavy (non-hydrogen) atoms. The quantitative estimate of drug-likeness (QED) is 0.309. The van der Waals surface area contributed by atoms with Gasteiger partial charge in [0.05, 0.1) is 12.8 Å². The van der Waals surface area contributed by atoms with Crippen molar-refractivity contribution in [2.24, 2.45) is 0 Å². The van der Waals surface area contributed by atoms with E-state index in [0.29, 0.717) is 35.2 Å². The van der Waals surface area contributed by atoms with Crippen molar-refractivity contribution in [1.82, 2.24) is 20.8 Å². The molecule has 5 rings (SSSR count). The first-order valence-corrected chi connectivity index (χ1v) is 11.7. The molecular formula is C29H24N4O4. The smallest absolute Gasteiger partial charge is 0.251 e. The molecule has 0 spiro atoms. The van der Waals surface area contributed by atoms with Crippen molar-refractivity contribution in [3.05, 3.63) is 119 Å². The number of aromatic nitrogens is 2. The lowest BCUT2D eigenvalue weighted by molar-refractivity contribution is 0.0943. The van der Waals surface area contributed by atoms with Gasteiger partial charge < -0.3 is 19.5 Å². The van der Waals surface area contributed by atoms with E-state index in [9.17, 15) is 9.59 Å². The van der Waals surface area contributed by atoms with Crippen LogP contribution in [0, 0.1) is 6.92 Å². The topological polar surface area (TPSA) is 110 Å². The fourth-order valence-electron chi connectivity index (χ4n) is 3.79. The Balaban J connectivity index is 1.18. The summed E-state index contributed by atoms with van der Waals surface area (Å²) in [5.41, 5.74) is 4.49. The first-order chi connectivity index (χ1) is 18.0. The Labute approximate surface area is 213 Å². The molecule has 5 aromatic rings. The molecule has 0 fully saturated rings. The SMILES string of the molecule is Cc1cccc(-c2nnc(-c3ccc(C(=O)NCc4cccc(C(=O)NCc5ccco5)c4)cc3)o2)c1. The molecule has 3 aromatic carbocycles. The largest absolute Gasteiger partial charge is 0.467 e. The summed E-state index contributed by atoms with van der Waals surface area (Å²) in [6, 6.07) is 25.5. The summed E-state index contributed by atoms with van der Waals surface area (Å²) in [7, 11) is 0. The molecule has 0 atom stereocenters. The van der Waals surface area contributed by atoms with E-state index in [1.54, 1.807) is 60.9 Å². The summed E-state index contributed by atoms with van der Waals surface area (Å²) in [6.07, 6.45) is 1.56. The molecule has 0 aliphatic heterocycles. The zero-order valence-corrected chi connectivity index (χ0v) is 20.1. The number of nitrogens with one attached hydrogen (secondary N) is 2. The molecule has 2 N–H and O–H groups in total. The van der Waals surface area contributed by atoms with Gasteiger partial charge in [0.15, 0.2) is 0 Å². The Morgan fingerprint density at radius 2 is 1.46 bits per heavy atom. The van der Waals surface area contributed by atoms with Crippen molar-refractivity contribution in [2.75, 3.05) is 0 Å². The third kappa shape index (κ3) is 5.82. The molecule has 0 aliphatic rings. The number of carbonyl (C=O) groups excluding carboxylic acids is 2. The highest BCUT2D eigenvalue weighted by atomic mass is 16.4. The molecule has 2 heterocycles. The first-order valence-electron chi connectivity index (χ1n) is 11.7. The Bertz CT molecular complexity index is 1520. The monoisotopic (exact) mass is 492 g/mol. The normalized spacial score (nSPS) is 10.7. The van der Waals surface area contributed by atoms with Crippen LogP contribution in [-0.2, 0) is 13.1 Å². The van der Waals surface area contributed by atoms with Crippen molar-refractivity contribution < 1.29 is 18.4 Å². The highest BCUT2D eigenvalue weighted by Gasteiger charge is 2.13. The van der Waals surface area contributed by atoms with E-state index in [1.807, 2.05) is 37.3 Å². The lowest BCUT2D eigenvalue weighted by Gasteiger charge is -2.08. The van der Waals surface area contributed by atoms with Gasteiger partial charge >= 0.3 is 0 Å². The molecule has 8 heteroatoms. The Morgan fingerprint density at radius 3 is 2.22 bits per heavy atom. The van der Waals surface area contributed by atoms with Gasteiger partial charge in [0.2, 0.25) is 11.8 Å². The lowest BCUT2D eigenvalue weighted by atomic mass is 10.1. The van der Waals surface area contributed by atoms with Crippen LogP contribution < -0.4 is 10.6 Å². The van der Waals surface area contributed by atoms with E-state index < -0.39 is 0 Å². The predicted molar refractivity (Wildman–Crippen MR) is 137 cm³/mol. The van der Waals surface area contributed by atoms with Gasteiger partial charge in [-0.15, -0.1) is 10.2 Å². The van der Waals surface area contributed by atoms with Crippen LogP contribution in [0.5, 0.6) is 0 Å². The maximum atomic E-state index is 12.7. The first kappa shape index (κ1) is 23.7. The number of benzene rings is 3. The van der Waals surface area contributed by atoms with Crippen LogP contribution in [0.2, 0.25) is 0 Å². The van der Waals surface area contributed by atoms with Gasteiger partial charge in [-0.3, -0.25) is 9.59 Å². The molecule has 0 radical (unpaired) electrons. The average molecular weight is 493 g/mol. The van der Waals surface area contributed by atoms with Gasteiger partial charge in [-0.25, -0.2) is 0 Å². The molecule has 0 aliphatic carbocycles. The number of hydrogen-bond acceptors (Lipinski definition) is 6. The van der Waals surface area contributed by atoms with Crippen molar-refractivity contribution in [3.8, 4) is 22.9 Å². The summed E-state index contributed by atoms with van der Waals surface area (Å²) in [4.78, 5) is 25.1. The van der Waals surface area contributed by atoms with Gasteiger partial charge in [-0.1, -0.05) is 29.8 Å². The molecule has 2 aromatic heterocycles. The summed E-state index contributed by atoms with van der Waals surface area (Å²) < 4.78 is 11.1. The Morgan fingerprint density at radius 1 is 0.730 bits per heavy atom. The Hall–Kier alpha value is -4.98. The molecule has 0 unspecified atom stereocenters. The fourth-order valence-corrected chi connectivity index (χ4v) is 3.79. The Kier molecular flexibility index (Phi) is 6.89. The maximum absolute atomic E-state index is 12.7. The van der Waals surface area contributed by atoms with Crippen LogP contribution in [0.4, 0.5) is 0 Å². The van der Waals surface area contributed by atoms with E-state index in [2.05, 4.69) is 20.8 Å². The number of carbonyl (C=O) groups is 2. The zero-order chi connectivity index (χ0) is 25.6. The van der Waals surface area contributed by atoms with Gasteiger partial charge in [-0.05, 0) is 73.2 Å². The number of hydrogen-bond donors (Lipinski definition) is 2. The minimum Gasteiger partial charge on any atom is -0.467 e. The van der Waals surface area contributed by atoms with Crippen LogP contribution in [0.1, 0.15) is 37.6 Å². The van der Waals surface area contributed by atoms with Crippen molar-refractivity contribution in [2.45, 2.75) is 20.0 Å². The third-order valence-corrected chi connectivity index (χ3v) is 5.73. The van der Waals surface area contributed by atoms with E-state index >= 15 is 0 Å². The second kappa shape index (κ2) is 10.7. The molecule has 0 bridgehead atoms. The molecular weight excluding hydrogens is 468 g/mol. The summed E-state index contributed by atoms with van der Waals surface area (Å²) in [5.74, 6) is 1.05. The highest BCUT2D eigenvalue weighted by molar-refractivity contribution is 5.95. The van der Waals surface area contributed by atoms with Crippen molar-refractivity contribution in [3.63, 3.8) is 0 Å². The van der Waals surface area contributed by atoms with Crippen LogP contribution >= 0.6 is 0 Å². The average Bonchev–Trinajstić information content (AvgIpc) is 3.63. The molecule has 0 saturated carbocycles. The summed E-state index contributed by atoms with van der Waals surface area (Å²) in [5, 5.41) is 14.0. The van der Waals surface area contributed by atoms with E-state index in [4.69, 9.17) is 8.83 Å². The van der Waals surface area contributed by atoms with Crippen LogP contribution in [0.25, 0.3) is 22.9 Å². The molecule has 8 nitrogen and oxygen atoms in total. The third-order valence-electron chi connectivity index (χ3n) is 5.73. The zero-order valence-electron chi connectivity index (χ0n) is 20.1. The standard InChI is InChI=1S/C29H24N4O4/c1-19-5-2-8-24(15-19)29-33-32-28(37-29)22-12-10-21(11-13-22)26(34)30-17-20-6-3-7-23(16-20)27(35)31-18-25-9-4-14-36-25/h2-16H,17-18H2,1H3,(H,30,34)(H,31,35). The number of amides is 2. The van der Waals surface area contributed by atoms with E-state index in [0.717, 1.165) is 22.3 Å². The molecule has 184 valence electrons. The summed E-state index contributed by atoms with van der Waals surface area (Å²) in [6.45, 7) is 2.59. The predicted octanol–water partition coefficient (Wildman–Crippen LogP) is 5.17. The van der Waals surface area contributed by atoms with Crippen LogP contribution in [-0.4, -0.2) is 22.0 Å². The minimum absolute atomic E-state index is 0.216. The van der Waals surface area contributed by atoms with Gasteiger partial charge in [-0.2, -0.15) is 0 Å². The molecule has 0 saturated heterocycles. The number of nitrogens with zero attached hydrogens (tertiary/aromatic N) is 2. The summed E-state index contributed by atoms with van der Waals surface area (Å²) >= 11 is 0. The lowest BCUT2D eigenvalue weighted by Crippen LogP contribution is -2.24. The van der Waals surface area contributed by atoms with Gasteiger partial charge in [0, 0.05) is 28.8 Å². The number of aryl methyl sites for hydroxylation is 1. The maximum Gasteiger partial charge on any atom is 0.251 e. The molecule has 2 amide bonds. The number of furan rings is 1. The minimum atomic E-state index is -0.231. The second-order valence-corrected chi connectivity index (χ2v) is 8.50. The fraction of sp³-hybridized carbons (Fsp3) is 0.103. The number of rotatable bonds is 8. The van der Waals surface area contributed by atoms with E-state index in [-0.39, 0.29) is 18.4 Å². The van der Waals surface area contributed by atoms with Gasteiger partial charge in [0.1, 0.15) is 5.76 Å². The van der Waals surface area contributed by atoms with Crippen LogP contribution in [0.3, 0.4) is 0 Å². The highest BCUT2D eigenvalue weighted by Crippen LogP contribution is 2.24. The second-order valence-electron chi connectivity index (χ2n) is 8.50. The van der Waals surface area contributed by atoms with Crippen LogP contribution in [0.15, 0.2) is 100 Å². The van der Waals surface area contributed by atoms with Crippen molar-refractivity contribution >= 4 is 11.8 Å². The van der Waals surface area contributed by atoms with E-state index in [1.165, 1.54) is 0 Å². The van der Waals surface area contributed by atoms with Gasteiger partial charge in [0.25, 0.3) is 11.8 Å². The van der Waals surface area contributed by atoms with Crippen molar-refractivity contribution in [1.29, 1.82) is 0 Å².